The number of hydrogen-bond donors (Lipinski definition) is 1. The molecule has 0 saturated carbocycles. The molecule has 1 atom stereocenters. The van der Waals surface area contributed by atoms with Crippen LogP contribution in [0.5, 0.6) is 5.75 Å². The summed E-state index contributed by atoms with van der Waals surface area (Å²) in [6, 6.07) is 5.84. The fraction of sp³-hybridized carbons (Fsp3) is 0.455. The highest BCUT2D eigenvalue weighted by atomic mass is 35.5. The van der Waals surface area contributed by atoms with Crippen LogP contribution in [0.2, 0.25) is 5.02 Å². The summed E-state index contributed by atoms with van der Waals surface area (Å²) in [5, 5.41) is 0.650. The number of rotatable bonds is 4. The van der Waals surface area contributed by atoms with Crippen molar-refractivity contribution in [2.75, 3.05) is 13.7 Å². The zero-order valence-corrected chi connectivity index (χ0v) is 9.34. The van der Waals surface area contributed by atoms with Crippen molar-refractivity contribution in [1.29, 1.82) is 0 Å². The van der Waals surface area contributed by atoms with Crippen molar-refractivity contribution in [3.05, 3.63) is 28.8 Å². The van der Waals surface area contributed by atoms with Gasteiger partial charge in [-0.3, -0.25) is 0 Å². The van der Waals surface area contributed by atoms with Gasteiger partial charge in [0.1, 0.15) is 5.75 Å². The quantitative estimate of drug-likeness (QED) is 0.835. The van der Waals surface area contributed by atoms with Crippen molar-refractivity contribution in [2.45, 2.75) is 19.3 Å². The molecule has 0 aliphatic rings. The zero-order chi connectivity index (χ0) is 10.6. The van der Waals surface area contributed by atoms with Crippen molar-refractivity contribution in [2.24, 2.45) is 5.73 Å². The summed E-state index contributed by atoms with van der Waals surface area (Å²) in [6.45, 7) is 2.77. The molecule has 1 unspecified atom stereocenters. The number of ether oxygens (including phenoxy) is 1. The molecule has 1 aromatic carbocycles. The first-order chi connectivity index (χ1) is 6.72. The SMILES string of the molecule is CCC(CN)c1ccc(OC)c(Cl)c1. The van der Waals surface area contributed by atoms with Crippen molar-refractivity contribution in [1.82, 2.24) is 0 Å². The van der Waals surface area contributed by atoms with E-state index in [1.165, 1.54) is 5.56 Å². The van der Waals surface area contributed by atoms with Gasteiger partial charge in [-0.25, -0.2) is 0 Å². The maximum absolute atomic E-state index is 6.02. The third-order valence-electron chi connectivity index (χ3n) is 2.42. The zero-order valence-electron chi connectivity index (χ0n) is 8.59. The number of nitrogens with two attached hydrogens (primary N) is 1. The lowest BCUT2D eigenvalue weighted by Crippen LogP contribution is -2.11. The van der Waals surface area contributed by atoms with Crippen LogP contribution in [0.15, 0.2) is 18.2 Å². The Hall–Kier alpha value is -0.730. The van der Waals surface area contributed by atoms with E-state index in [0.717, 1.165) is 6.42 Å². The van der Waals surface area contributed by atoms with Gasteiger partial charge in [-0.2, -0.15) is 0 Å². The maximum Gasteiger partial charge on any atom is 0.137 e. The molecule has 0 bridgehead atoms. The van der Waals surface area contributed by atoms with Crippen molar-refractivity contribution in [3.8, 4) is 5.75 Å². The Morgan fingerprint density at radius 3 is 2.64 bits per heavy atom. The summed E-state index contributed by atoms with van der Waals surface area (Å²) in [5.41, 5.74) is 6.84. The van der Waals surface area contributed by atoms with E-state index < -0.39 is 0 Å². The molecule has 0 fully saturated rings. The highest BCUT2D eigenvalue weighted by molar-refractivity contribution is 6.32. The lowest BCUT2D eigenvalue weighted by Gasteiger charge is -2.13. The van der Waals surface area contributed by atoms with E-state index in [9.17, 15) is 0 Å². The van der Waals surface area contributed by atoms with Gasteiger partial charge in [0.15, 0.2) is 0 Å². The molecule has 0 aromatic heterocycles. The molecule has 14 heavy (non-hydrogen) atoms. The van der Waals surface area contributed by atoms with Gasteiger partial charge in [-0.1, -0.05) is 24.6 Å². The highest BCUT2D eigenvalue weighted by Gasteiger charge is 2.09. The Bertz CT molecular complexity index is 297. The van der Waals surface area contributed by atoms with Gasteiger partial charge in [0.25, 0.3) is 0 Å². The van der Waals surface area contributed by atoms with Crippen LogP contribution in [-0.2, 0) is 0 Å². The molecule has 0 heterocycles. The summed E-state index contributed by atoms with van der Waals surface area (Å²) in [4.78, 5) is 0. The Morgan fingerprint density at radius 1 is 1.50 bits per heavy atom. The largest absolute Gasteiger partial charge is 0.495 e. The van der Waals surface area contributed by atoms with Crippen LogP contribution in [0.4, 0.5) is 0 Å². The van der Waals surface area contributed by atoms with E-state index in [0.29, 0.717) is 23.2 Å². The molecule has 1 rings (SSSR count). The monoisotopic (exact) mass is 213 g/mol. The summed E-state index contributed by atoms with van der Waals surface area (Å²) in [7, 11) is 1.61. The third kappa shape index (κ3) is 2.40. The van der Waals surface area contributed by atoms with Gasteiger partial charge in [0, 0.05) is 0 Å². The topological polar surface area (TPSA) is 35.2 Å². The second-order valence-corrected chi connectivity index (χ2v) is 3.64. The molecule has 0 spiro atoms. The Balaban J connectivity index is 2.95. The lowest BCUT2D eigenvalue weighted by molar-refractivity contribution is 0.414. The molecule has 0 aliphatic carbocycles. The van der Waals surface area contributed by atoms with Crippen LogP contribution >= 0.6 is 11.6 Å². The van der Waals surface area contributed by atoms with Crippen LogP contribution in [0.3, 0.4) is 0 Å². The van der Waals surface area contributed by atoms with Crippen molar-refractivity contribution < 1.29 is 4.74 Å². The molecule has 0 amide bonds. The molecule has 3 heteroatoms. The first-order valence-electron chi connectivity index (χ1n) is 4.76. The van der Waals surface area contributed by atoms with Crippen molar-refractivity contribution in [3.63, 3.8) is 0 Å². The van der Waals surface area contributed by atoms with E-state index in [4.69, 9.17) is 22.1 Å². The molecule has 0 saturated heterocycles. The molecule has 2 nitrogen and oxygen atoms in total. The fourth-order valence-corrected chi connectivity index (χ4v) is 1.74. The van der Waals surface area contributed by atoms with Gasteiger partial charge in [0.2, 0.25) is 0 Å². The number of halogens is 1. The average Bonchev–Trinajstić information content (AvgIpc) is 2.20. The molecular weight excluding hydrogens is 198 g/mol. The lowest BCUT2D eigenvalue weighted by atomic mass is 9.97. The van der Waals surface area contributed by atoms with Gasteiger partial charge in [-0.15, -0.1) is 0 Å². The molecule has 1 aromatic rings. The summed E-state index contributed by atoms with van der Waals surface area (Å²) in [5.74, 6) is 1.10. The standard InChI is InChI=1S/C11H16ClNO/c1-3-8(7-13)9-4-5-11(14-2)10(12)6-9/h4-6,8H,3,7,13H2,1-2H3. The van der Waals surface area contributed by atoms with Gasteiger partial charge in [-0.05, 0) is 36.6 Å². The third-order valence-corrected chi connectivity index (χ3v) is 2.72. The molecular formula is C11H16ClNO. The van der Waals surface area contributed by atoms with Crippen LogP contribution in [-0.4, -0.2) is 13.7 Å². The summed E-state index contributed by atoms with van der Waals surface area (Å²) >= 11 is 6.02. The van der Waals surface area contributed by atoms with Crippen molar-refractivity contribution >= 4 is 11.6 Å². The van der Waals surface area contributed by atoms with Crippen LogP contribution in [0.25, 0.3) is 0 Å². The second kappa shape index (κ2) is 5.23. The second-order valence-electron chi connectivity index (χ2n) is 3.23. The van der Waals surface area contributed by atoms with E-state index >= 15 is 0 Å². The van der Waals surface area contributed by atoms with E-state index in [2.05, 4.69) is 6.92 Å². The molecule has 0 aliphatic heterocycles. The predicted molar refractivity (Wildman–Crippen MR) is 60.1 cm³/mol. The Labute approximate surface area is 90.0 Å². The number of hydrogen-bond acceptors (Lipinski definition) is 2. The average molecular weight is 214 g/mol. The highest BCUT2D eigenvalue weighted by Crippen LogP contribution is 2.29. The van der Waals surface area contributed by atoms with Gasteiger partial charge < -0.3 is 10.5 Å². The van der Waals surface area contributed by atoms with Gasteiger partial charge in [0.05, 0.1) is 12.1 Å². The first kappa shape index (κ1) is 11.3. The molecule has 0 radical (unpaired) electrons. The summed E-state index contributed by atoms with van der Waals surface area (Å²) < 4.78 is 5.08. The van der Waals surface area contributed by atoms with E-state index in [-0.39, 0.29) is 0 Å². The van der Waals surface area contributed by atoms with Crippen LogP contribution in [0.1, 0.15) is 24.8 Å². The van der Waals surface area contributed by atoms with Gasteiger partial charge >= 0.3 is 0 Å². The first-order valence-corrected chi connectivity index (χ1v) is 5.14. The predicted octanol–water partition coefficient (Wildman–Crippen LogP) is 2.80. The molecule has 78 valence electrons. The Morgan fingerprint density at radius 2 is 2.21 bits per heavy atom. The smallest absolute Gasteiger partial charge is 0.137 e. The number of benzene rings is 1. The normalized spacial score (nSPS) is 12.6. The van der Waals surface area contributed by atoms with E-state index in [1.807, 2.05) is 18.2 Å². The minimum atomic E-state index is 0.387. The van der Waals surface area contributed by atoms with Crippen LogP contribution < -0.4 is 10.5 Å². The summed E-state index contributed by atoms with van der Waals surface area (Å²) in [6.07, 6.45) is 1.03. The Kier molecular flexibility index (Phi) is 4.23. The minimum absolute atomic E-state index is 0.387. The van der Waals surface area contributed by atoms with E-state index in [1.54, 1.807) is 7.11 Å². The maximum atomic E-state index is 6.02. The number of methoxy groups -OCH3 is 1. The minimum Gasteiger partial charge on any atom is -0.495 e. The van der Waals surface area contributed by atoms with Crippen LogP contribution in [0, 0.1) is 0 Å². The fourth-order valence-electron chi connectivity index (χ4n) is 1.48. The molecule has 2 N–H and O–H groups in total.